The van der Waals surface area contributed by atoms with Crippen LogP contribution in [0.15, 0.2) is 0 Å². The zero-order valence-corrected chi connectivity index (χ0v) is 10.3. The Balaban J connectivity index is 2.69. The number of hydrogen-bond donors (Lipinski definition) is 2. The van der Waals surface area contributed by atoms with E-state index < -0.39 is 0 Å². The van der Waals surface area contributed by atoms with Crippen molar-refractivity contribution in [3.8, 4) is 0 Å². The quantitative estimate of drug-likeness (QED) is 0.642. The van der Waals surface area contributed by atoms with Crippen LogP contribution < -0.4 is 11.1 Å². The molecule has 0 aliphatic rings. The molecule has 5 nitrogen and oxygen atoms in total. The van der Waals surface area contributed by atoms with Gasteiger partial charge < -0.3 is 15.8 Å². The number of aryl methyl sites for hydroxylation is 1. The molecule has 0 fully saturated rings. The van der Waals surface area contributed by atoms with E-state index in [1.165, 1.54) is 0 Å². The molecule has 1 rings (SSSR count). The van der Waals surface area contributed by atoms with Gasteiger partial charge >= 0.3 is 0 Å². The van der Waals surface area contributed by atoms with Crippen LogP contribution in [0.4, 0.5) is 11.8 Å². The molecule has 0 spiro atoms. The molecule has 1 heterocycles. The molecule has 0 amide bonds. The van der Waals surface area contributed by atoms with Gasteiger partial charge in [-0.2, -0.15) is 4.98 Å². The fourth-order valence-corrected chi connectivity index (χ4v) is 1.17. The van der Waals surface area contributed by atoms with E-state index in [1.807, 2.05) is 6.92 Å². The molecule has 14 heavy (non-hydrogen) atoms. The molecule has 78 valence electrons. The van der Waals surface area contributed by atoms with Crippen molar-refractivity contribution in [2.24, 2.45) is 0 Å². The molecule has 0 aromatic carbocycles. The SMILES string of the molecule is COCCNc1nc(C)c(I)c(N)n1. The number of hydrogen-bond acceptors (Lipinski definition) is 5. The highest BCUT2D eigenvalue weighted by Crippen LogP contribution is 2.16. The number of anilines is 2. The molecule has 0 unspecified atom stereocenters. The highest BCUT2D eigenvalue weighted by molar-refractivity contribution is 14.1. The smallest absolute Gasteiger partial charge is 0.225 e. The first-order valence-corrected chi connectivity index (χ1v) is 5.25. The molecule has 0 saturated carbocycles. The number of methoxy groups -OCH3 is 1. The van der Waals surface area contributed by atoms with Crippen molar-refractivity contribution < 1.29 is 4.74 Å². The van der Waals surface area contributed by atoms with E-state index in [9.17, 15) is 0 Å². The van der Waals surface area contributed by atoms with Gasteiger partial charge in [0.05, 0.1) is 15.9 Å². The van der Waals surface area contributed by atoms with Crippen molar-refractivity contribution in [1.82, 2.24) is 9.97 Å². The first kappa shape index (κ1) is 11.4. The zero-order chi connectivity index (χ0) is 10.6. The lowest BCUT2D eigenvalue weighted by Gasteiger charge is -2.07. The van der Waals surface area contributed by atoms with E-state index in [4.69, 9.17) is 10.5 Å². The van der Waals surface area contributed by atoms with Gasteiger partial charge in [0.25, 0.3) is 0 Å². The van der Waals surface area contributed by atoms with Crippen LogP contribution in [0.2, 0.25) is 0 Å². The molecule has 0 saturated heterocycles. The van der Waals surface area contributed by atoms with Crippen molar-refractivity contribution in [3.63, 3.8) is 0 Å². The van der Waals surface area contributed by atoms with E-state index in [0.29, 0.717) is 24.9 Å². The van der Waals surface area contributed by atoms with Crippen LogP contribution in [0.1, 0.15) is 5.69 Å². The van der Waals surface area contributed by atoms with Crippen molar-refractivity contribution in [2.75, 3.05) is 31.3 Å². The molecule has 0 aliphatic heterocycles. The van der Waals surface area contributed by atoms with Crippen LogP contribution in [0.3, 0.4) is 0 Å². The number of rotatable bonds is 4. The van der Waals surface area contributed by atoms with E-state index in [-0.39, 0.29) is 0 Å². The third kappa shape index (κ3) is 2.95. The minimum atomic E-state index is 0.512. The highest BCUT2D eigenvalue weighted by atomic mass is 127. The number of halogens is 1. The Labute approximate surface area is 96.6 Å². The molecule has 1 aromatic rings. The third-order valence-corrected chi connectivity index (χ3v) is 2.97. The van der Waals surface area contributed by atoms with Crippen LogP contribution in [-0.4, -0.2) is 30.2 Å². The standard InChI is InChI=1S/C8H13IN4O/c1-5-6(9)7(10)13-8(12-5)11-3-4-14-2/h3-4H2,1-2H3,(H3,10,11,12,13). The second-order valence-electron chi connectivity index (χ2n) is 2.75. The topological polar surface area (TPSA) is 73.1 Å². The first-order chi connectivity index (χ1) is 6.65. The number of ether oxygens (including phenoxy) is 1. The normalized spacial score (nSPS) is 10.2. The van der Waals surface area contributed by atoms with Gasteiger partial charge in [0.1, 0.15) is 5.82 Å². The molecule has 0 aliphatic carbocycles. The summed E-state index contributed by atoms with van der Waals surface area (Å²) in [5.41, 5.74) is 6.58. The predicted molar refractivity (Wildman–Crippen MR) is 64.3 cm³/mol. The average Bonchev–Trinajstić information content (AvgIpc) is 2.14. The number of nitrogens with two attached hydrogens (primary N) is 1. The molecule has 0 radical (unpaired) electrons. The summed E-state index contributed by atoms with van der Waals surface area (Å²) in [6, 6.07) is 0. The summed E-state index contributed by atoms with van der Waals surface area (Å²) in [7, 11) is 1.65. The maximum absolute atomic E-state index is 5.70. The minimum absolute atomic E-state index is 0.512. The number of nitrogens with zero attached hydrogens (tertiary/aromatic N) is 2. The van der Waals surface area contributed by atoms with Gasteiger partial charge in [-0.1, -0.05) is 0 Å². The van der Waals surface area contributed by atoms with Crippen molar-refractivity contribution >= 4 is 34.4 Å². The van der Waals surface area contributed by atoms with Gasteiger partial charge in [0.2, 0.25) is 5.95 Å². The molecule has 6 heteroatoms. The summed E-state index contributed by atoms with van der Waals surface area (Å²) in [6.07, 6.45) is 0. The lowest BCUT2D eigenvalue weighted by Crippen LogP contribution is -2.12. The highest BCUT2D eigenvalue weighted by Gasteiger charge is 2.05. The van der Waals surface area contributed by atoms with Gasteiger partial charge in [0, 0.05) is 13.7 Å². The van der Waals surface area contributed by atoms with Crippen LogP contribution in [0, 0.1) is 10.5 Å². The molecule has 0 atom stereocenters. The van der Waals surface area contributed by atoms with E-state index >= 15 is 0 Å². The van der Waals surface area contributed by atoms with E-state index in [0.717, 1.165) is 9.26 Å². The Hall–Kier alpha value is -0.630. The summed E-state index contributed by atoms with van der Waals surface area (Å²) >= 11 is 2.13. The Morgan fingerprint density at radius 3 is 2.79 bits per heavy atom. The van der Waals surface area contributed by atoms with Gasteiger partial charge in [-0.15, -0.1) is 0 Å². The van der Waals surface area contributed by atoms with Crippen molar-refractivity contribution in [3.05, 3.63) is 9.26 Å². The fourth-order valence-electron chi connectivity index (χ4n) is 0.925. The second kappa shape index (κ2) is 5.30. The van der Waals surface area contributed by atoms with Gasteiger partial charge in [0.15, 0.2) is 0 Å². The summed E-state index contributed by atoms with van der Waals surface area (Å²) in [6.45, 7) is 3.20. The summed E-state index contributed by atoms with van der Waals surface area (Å²) < 4.78 is 5.80. The minimum Gasteiger partial charge on any atom is -0.383 e. The monoisotopic (exact) mass is 308 g/mol. The van der Waals surface area contributed by atoms with Crippen LogP contribution in [-0.2, 0) is 4.74 Å². The first-order valence-electron chi connectivity index (χ1n) is 4.17. The Morgan fingerprint density at radius 1 is 1.50 bits per heavy atom. The summed E-state index contributed by atoms with van der Waals surface area (Å²) in [5.74, 6) is 1.07. The van der Waals surface area contributed by atoms with Crippen LogP contribution >= 0.6 is 22.6 Å². The maximum atomic E-state index is 5.70. The van der Waals surface area contributed by atoms with E-state index in [1.54, 1.807) is 7.11 Å². The van der Waals surface area contributed by atoms with Crippen LogP contribution in [0.25, 0.3) is 0 Å². The summed E-state index contributed by atoms with van der Waals surface area (Å²) in [4.78, 5) is 8.34. The number of aromatic nitrogens is 2. The van der Waals surface area contributed by atoms with Crippen LogP contribution in [0.5, 0.6) is 0 Å². The summed E-state index contributed by atoms with van der Waals surface area (Å²) in [5, 5.41) is 3.02. The van der Waals surface area contributed by atoms with Gasteiger partial charge in [-0.3, -0.25) is 0 Å². The Bertz CT molecular complexity index is 295. The van der Waals surface area contributed by atoms with E-state index in [2.05, 4.69) is 37.9 Å². The molecular formula is C8H13IN4O. The molecule has 0 bridgehead atoms. The molecular weight excluding hydrogens is 295 g/mol. The van der Waals surface area contributed by atoms with Crippen molar-refractivity contribution in [2.45, 2.75) is 6.92 Å². The lowest BCUT2D eigenvalue weighted by atomic mass is 10.4. The average molecular weight is 308 g/mol. The largest absolute Gasteiger partial charge is 0.383 e. The maximum Gasteiger partial charge on any atom is 0.225 e. The van der Waals surface area contributed by atoms with Crippen molar-refractivity contribution in [1.29, 1.82) is 0 Å². The Kier molecular flexibility index (Phi) is 4.33. The molecule has 3 N–H and O–H groups in total. The fraction of sp³-hybridized carbons (Fsp3) is 0.500. The lowest BCUT2D eigenvalue weighted by molar-refractivity contribution is 0.210. The van der Waals surface area contributed by atoms with Gasteiger partial charge in [-0.25, -0.2) is 4.98 Å². The number of nitrogens with one attached hydrogen (secondary N) is 1. The number of nitrogen functional groups attached to an aromatic ring is 1. The zero-order valence-electron chi connectivity index (χ0n) is 8.17. The second-order valence-corrected chi connectivity index (χ2v) is 3.83. The van der Waals surface area contributed by atoms with Gasteiger partial charge in [-0.05, 0) is 29.5 Å². The molecule has 1 aromatic heterocycles. The Morgan fingerprint density at radius 2 is 2.21 bits per heavy atom. The third-order valence-electron chi connectivity index (χ3n) is 1.63. The predicted octanol–water partition coefficient (Wildman–Crippen LogP) is 1.03.